The van der Waals surface area contributed by atoms with E-state index in [1.54, 1.807) is 6.08 Å². The van der Waals surface area contributed by atoms with Gasteiger partial charge in [-0.1, -0.05) is 60.7 Å². The Hall–Kier alpha value is -3.33. The van der Waals surface area contributed by atoms with Crippen molar-refractivity contribution in [2.75, 3.05) is 6.54 Å². The fraction of sp³-hybridized carbons (Fsp3) is 0.214. The van der Waals surface area contributed by atoms with Gasteiger partial charge in [0.2, 0.25) is 10.0 Å². The fourth-order valence-electron chi connectivity index (χ4n) is 4.20. The number of hydrogen-bond donors (Lipinski definition) is 0. The number of amides is 1. The van der Waals surface area contributed by atoms with Crippen LogP contribution in [0.4, 0.5) is 0 Å². The van der Waals surface area contributed by atoms with Crippen LogP contribution in [0.2, 0.25) is 0 Å². The number of thiazole rings is 1. The first-order valence-corrected chi connectivity index (χ1v) is 13.9. The SMILES string of the molecule is C=CCn1c(=NC(=O)c2ccc(S(=O)(=O)N(CC)Cc3ccccc3)cc2)sc2cc(C)cc(C)c21. The van der Waals surface area contributed by atoms with Crippen molar-refractivity contribution >= 4 is 37.5 Å². The van der Waals surface area contributed by atoms with E-state index < -0.39 is 15.9 Å². The monoisotopic (exact) mass is 519 g/mol. The Morgan fingerprint density at radius 2 is 1.78 bits per heavy atom. The Labute approximate surface area is 215 Å². The van der Waals surface area contributed by atoms with Crippen LogP contribution in [-0.2, 0) is 23.1 Å². The van der Waals surface area contributed by atoms with Gasteiger partial charge in [-0.2, -0.15) is 9.30 Å². The van der Waals surface area contributed by atoms with Gasteiger partial charge in [0.1, 0.15) is 0 Å². The third-order valence-electron chi connectivity index (χ3n) is 5.91. The van der Waals surface area contributed by atoms with Gasteiger partial charge in [0.05, 0.1) is 15.1 Å². The van der Waals surface area contributed by atoms with Crippen LogP contribution in [0.25, 0.3) is 10.2 Å². The zero-order valence-corrected chi connectivity index (χ0v) is 22.3. The lowest BCUT2D eigenvalue weighted by Crippen LogP contribution is -2.30. The second-order valence-corrected chi connectivity index (χ2v) is 11.5. The smallest absolute Gasteiger partial charge is 0.279 e. The summed E-state index contributed by atoms with van der Waals surface area (Å²) >= 11 is 1.46. The molecule has 1 heterocycles. The van der Waals surface area contributed by atoms with E-state index in [0.29, 0.717) is 23.5 Å². The van der Waals surface area contributed by atoms with Crippen LogP contribution in [0.15, 0.2) is 89.3 Å². The lowest BCUT2D eigenvalue weighted by atomic mass is 10.1. The second kappa shape index (κ2) is 10.7. The molecule has 8 heteroatoms. The summed E-state index contributed by atoms with van der Waals surface area (Å²) in [6.45, 7) is 10.9. The Bertz CT molecular complexity index is 1580. The maximum atomic E-state index is 13.2. The zero-order valence-electron chi connectivity index (χ0n) is 20.6. The van der Waals surface area contributed by atoms with Crippen molar-refractivity contribution in [1.82, 2.24) is 8.87 Å². The standard InChI is InChI=1S/C28H29N3O3S2/c1-5-16-31-26-21(4)17-20(3)18-25(26)35-28(31)29-27(32)23-12-14-24(15-13-23)36(33,34)30(6-2)19-22-10-8-7-9-11-22/h5,7-15,17-18H,1,6,16,19H2,2-4H3. The van der Waals surface area contributed by atoms with Gasteiger partial charge in [0.15, 0.2) is 4.80 Å². The molecule has 0 atom stereocenters. The molecule has 36 heavy (non-hydrogen) atoms. The van der Waals surface area contributed by atoms with Gasteiger partial charge >= 0.3 is 0 Å². The molecule has 6 nitrogen and oxygen atoms in total. The molecule has 0 bridgehead atoms. The van der Waals surface area contributed by atoms with E-state index in [1.807, 2.05) is 55.7 Å². The summed E-state index contributed by atoms with van der Waals surface area (Å²) in [5.41, 5.74) is 4.54. The zero-order chi connectivity index (χ0) is 25.9. The summed E-state index contributed by atoms with van der Waals surface area (Å²) in [4.78, 5) is 18.2. The van der Waals surface area contributed by atoms with Crippen LogP contribution >= 0.6 is 11.3 Å². The Morgan fingerprint density at radius 3 is 2.42 bits per heavy atom. The third kappa shape index (κ3) is 5.26. The molecule has 0 saturated heterocycles. The number of allylic oxidation sites excluding steroid dienone is 1. The predicted octanol–water partition coefficient (Wildman–Crippen LogP) is 5.46. The lowest BCUT2D eigenvalue weighted by Gasteiger charge is -2.20. The van der Waals surface area contributed by atoms with Crippen LogP contribution in [0, 0.1) is 13.8 Å². The Kier molecular flexibility index (Phi) is 7.68. The first kappa shape index (κ1) is 25.8. The minimum atomic E-state index is -3.71. The fourth-order valence-corrected chi connectivity index (χ4v) is 6.85. The Balaban J connectivity index is 1.65. The van der Waals surface area contributed by atoms with E-state index in [2.05, 4.69) is 23.7 Å². The summed E-state index contributed by atoms with van der Waals surface area (Å²) < 4.78 is 30.9. The highest BCUT2D eigenvalue weighted by atomic mass is 32.2. The van der Waals surface area contributed by atoms with Crippen molar-refractivity contribution in [1.29, 1.82) is 0 Å². The van der Waals surface area contributed by atoms with Crippen LogP contribution in [-0.4, -0.2) is 29.7 Å². The molecule has 0 N–H and O–H groups in total. The van der Waals surface area contributed by atoms with Crippen molar-refractivity contribution in [3.8, 4) is 0 Å². The quantitative estimate of drug-likeness (QED) is 0.290. The minimum absolute atomic E-state index is 0.145. The number of rotatable bonds is 8. The van der Waals surface area contributed by atoms with Crippen molar-refractivity contribution in [2.45, 2.75) is 38.8 Å². The number of aromatic nitrogens is 1. The molecule has 0 aliphatic rings. The highest BCUT2D eigenvalue weighted by molar-refractivity contribution is 7.89. The van der Waals surface area contributed by atoms with Crippen LogP contribution in [0.3, 0.4) is 0 Å². The van der Waals surface area contributed by atoms with Crippen LogP contribution < -0.4 is 4.80 Å². The van der Waals surface area contributed by atoms with Crippen molar-refractivity contribution in [3.05, 3.63) is 106 Å². The van der Waals surface area contributed by atoms with E-state index in [4.69, 9.17) is 0 Å². The average Bonchev–Trinajstić information content (AvgIpc) is 3.20. The van der Waals surface area contributed by atoms with Crippen LogP contribution in [0.1, 0.15) is 34.0 Å². The molecule has 0 unspecified atom stereocenters. The van der Waals surface area contributed by atoms with E-state index in [1.165, 1.54) is 39.9 Å². The molecule has 0 fully saturated rings. The maximum Gasteiger partial charge on any atom is 0.279 e. The average molecular weight is 520 g/mol. The number of benzene rings is 3. The molecule has 1 aromatic heterocycles. The van der Waals surface area contributed by atoms with Crippen LogP contribution in [0.5, 0.6) is 0 Å². The number of nitrogens with zero attached hydrogens (tertiary/aromatic N) is 3. The van der Waals surface area contributed by atoms with E-state index in [9.17, 15) is 13.2 Å². The van der Waals surface area contributed by atoms with Gasteiger partial charge in [-0.25, -0.2) is 8.42 Å². The number of hydrogen-bond acceptors (Lipinski definition) is 4. The predicted molar refractivity (Wildman–Crippen MR) is 146 cm³/mol. The summed E-state index contributed by atoms with van der Waals surface area (Å²) in [6, 6.07) is 19.7. The third-order valence-corrected chi connectivity index (χ3v) is 8.87. The van der Waals surface area contributed by atoms with Crippen molar-refractivity contribution in [3.63, 3.8) is 0 Å². The van der Waals surface area contributed by atoms with E-state index in [0.717, 1.165) is 26.9 Å². The number of aryl methyl sites for hydroxylation is 2. The Morgan fingerprint density at radius 1 is 1.08 bits per heavy atom. The van der Waals surface area contributed by atoms with Gasteiger partial charge < -0.3 is 4.57 Å². The first-order chi connectivity index (χ1) is 17.2. The summed E-state index contributed by atoms with van der Waals surface area (Å²) in [6.07, 6.45) is 1.78. The lowest BCUT2D eigenvalue weighted by molar-refractivity contribution is 0.0997. The maximum absolute atomic E-state index is 13.2. The molecular weight excluding hydrogens is 490 g/mol. The number of carbonyl (C=O) groups is 1. The van der Waals surface area contributed by atoms with Crippen molar-refractivity contribution in [2.24, 2.45) is 4.99 Å². The summed E-state index contributed by atoms with van der Waals surface area (Å²) in [5, 5.41) is 0. The number of sulfonamides is 1. The molecular formula is C28H29N3O3S2. The molecule has 3 aromatic carbocycles. The summed E-state index contributed by atoms with van der Waals surface area (Å²) in [7, 11) is -3.71. The molecule has 0 saturated carbocycles. The summed E-state index contributed by atoms with van der Waals surface area (Å²) in [5.74, 6) is -0.422. The molecule has 0 radical (unpaired) electrons. The second-order valence-electron chi connectivity index (χ2n) is 8.57. The van der Waals surface area contributed by atoms with Gasteiger partial charge in [-0.15, -0.1) is 6.58 Å². The number of carbonyl (C=O) groups excluding carboxylic acids is 1. The minimum Gasteiger partial charge on any atom is -0.312 e. The normalized spacial score (nSPS) is 12.4. The van der Waals surface area contributed by atoms with Crippen molar-refractivity contribution < 1.29 is 13.2 Å². The molecule has 0 aliphatic heterocycles. The van der Waals surface area contributed by atoms with Gasteiger partial charge in [-0.05, 0) is 60.9 Å². The van der Waals surface area contributed by atoms with Gasteiger partial charge in [-0.3, -0.25) is 4.79 Å². The molecule has 0 aliphatic carbocycles. The highest BCUT2D eigenvalue weighted by Crippen LogP contribution is 2.24. The molecule has 4 rings (SSSR count). The largest absolute Gasteiger partial charge is 0.312 e. The molecule has 0 spiro atoms. The highest BCUT2D eigenvalue weighted by Gasteiger charge is 2.23. The topological polar surface area (TPSA) is 71.7 Å². The molecule has 186 valence electrons. The van der Waals surface area contributed by atoms with E-state index >= 15 is 0 Å². The number of fused-ring (bicyclic) bond motifs is 1. The molecule has 1 amide bonds. The van der Waals surface area contributed by atoms with E-state index in [-0.39, 0.29) is 11.4 Å². The van der Waals surface area contributed by atoms with Gasteiger partial charge in [0, 0.05) is 25.2 Å². The first-order valence-electron chi connectivity index (χ1n) is 11.7. The van der Waals surface area contributed by atoms with Gasteiger partial charge in [0.25, 0.3) is 5.91 Å². The molecule has 4 aromatic rings.